The van der Waals surface area contributed by atoms with Crippen molar-refractivity contribution < 1.29 is 15.4 Å². The van der Waals surface area contributed by atoms with Gasteiger partial charge in [-0.2, -0.15) is 0 Å². The molecule has 4 heteroatoms. The van der Waals surface area contributed by atoms with Crippen LogP contribution in [0.25, 0.3) is 11.1 Å². The second-order valence-corrected chi connectivity index (χ2v) is 6.70. The van der Waals surface area contributed by atoms with E-state index in [0.29, 0.717) is 17.7 Å². The van der Waals surface area contributed by atoms with Crippen molar-refractivity contribution in [3.8, 4) is 22.6 Å². The SMILES string of the molecule is CCCCCCCCC/C(=N\O)c1cc(-c2ccc(O)cc2)ccc1O. The van der Waals surface area contributed by atoms with Gasteiger partial charge in [-0.05, 0) is 48.2 Å². The topological polar surface area (TPSA) is 73.1 Å². The minimum Gasteiger partial charge on any atom is -0.508 e. The number of hydrogen-bond acceptors (Lipinski definition) is 4. The van der Waals surface area contributed by atoms with E-state index in [2.05, 4.69) is 12.1 Å². The Kier molecular flexibility index (Phi) is 8.00. The average Bonchev–Trinajstić information content (AvgIpc) is 2.66. The lowest BCUT2D eigenvalue weighted by molar-refractivity contribution is 0.317. The summed E-state index contributed by atoms with van der Waals surface area (Å²) in [5, 5.41) is 32.5. The minimum atomic E-state index is 0.114. The molecule has 2 aromatic carbocycles. The van der Waals surface area contributed by atoms with E-state index in [0.717, 1.165) is 24.0 Å². The summed E-state index contributed by atoms with van der Waals surface area (Å²) in [7, 11) is 0. The van der Waals surface area contributed by atoms with Gasteiger partial charge in [0.05, 0.1) is 5.71 Å². The predicted molar refractivity (Wildman–Crippen MR) is 106 cm³/mol. The van der Waals surface area contributed by atoms with Crippen LogP contribution in [0.2, 0.25) is 0 Å². The summed E-state index contributed by atoms with van der Waals surface area (Å²) >= 11 is 0. The van der Waals surface area contributed by atoms with Crippen LogP contribution in [0.4, 0.5) is 0 Å². The fourth-order valence-corrected chi connectivity index (χ4v) is 3.09. The van der Waals surface area contributed by atoms with E-state index in [1.807, 2.05) is 24.3 Å². The van der Waals surface area contributed by atoms with Crippen LogP contribution >= 0.6 is 0 Å². The zero-order chi connectivity index (χ0) is 18.8. The third-order valence-corrected chi connectivity index (χ3v) is 4.65. The number of oxime groups is 1. The predicted octanol–water partition coefficient (Wildman–Crippen LogP) is 6.08. The Bertz CT molecular complexity index is 708. The van der Waals surface area contributed by atoms with Crippen LogP contribution in [0.5, 0.6) is 11.5 Å². The van der Waals surface area contributed by atoms with E-state index in [1.165, 1.54) is 32.1 Å². The molecule has 0 heterocycles. The van der Waals surface area contributed by atoms with Gasteiger partial charge >= 0.3 is 0 Å². The van der Waals surface area contributed by atoms with E-state index in [9.17, 15) is 15.4 Å². The highest BCUT2D eigenvalue weighted by Crippen LogP contribution is 2.28. The minimum absolute atomic E-state index is 0.114. The van der Waals surface area contributed by atoms with Crippen molar-refractivity contribution in [1.29, 1.82) is 0 Å². The van der Waals surface area contributed by atoms with Crippen molar-refractivity contribution in [2.45, 2.75) is 58.3 Å². The molecule has 0 fully saturated rings. The number of nitrogens with zero attached hydrogens (tertiary/aromatic N) is 1. The number of unbranched alkanes of at least 4 members (excludes halogenated alkanes) is 6. The van der Waals surface area contributed by atoms with Gasteiger partial charge in [0.25, 0.3) is 0 Å². The maximum atomic E-state index is 10.2. The third-order valence-electron chi connectivity index (χ3n) is 4.65. The molecule has 0 radical (unpaired) electrons. The molecule has 0 aliphatic rings. The van der Waals surface area contributed by atoms with Gasteiger partial charge in [0.1, 0.15) is 11.5 Å². The molecule has 0 aromatic heterocycles. The van der Waals surface area contributed by atoms with Crippen molar-refractivity contribution in [2.75, 3.05) is 0 Å². The van der Waals surface area contributed by atoms with Crippen LogP contribution in [0.3, 0.4) is 0 Å². The molecular weight excluding hydrogens is 326 g/mol. The lowest BCUT2D eigenvalue weighted by atomic mass is 9.97. The van der Waals surface area contributed by atoms with E-state index in [4.69, 9.17) is 0 Å². The van der Waals surface area contributed by atoms with Crippen molar-refractivity contribution >= 4 is 5.71 Å². The Balaban J connectivity index is 2.01. The molecule has 2 rings (SSSR count). The van der Waals surface area contributed by atoms with Gasteiger partial charge in [0, 0.05) is 5.56 Å². The third kappa shape index (κ3) is 5.80. The Morgan fingerprint density at radius 2 is 1.42 bits per heavy atom. The standard InChI is InChI=1S/C22H29NO3/c1-2-3-4-5-6-7-8-9-21(23-26)20-16-18(12-15-22(20)25)17-10-13-19(24)14-11-17/h10-16,24-26H,2-9H2,1H3/b23-21+. The molecule has 0 aliphatic carbocycles. The largest absolute Gasteiger partial charge is 0.508 e. The average molecular weight is 355 g/mol. The van der Waals surface area contributed by atoms with Gasteiger partial charge in [-0.1, -0.05) is 68.8 Å². The fourth-order valence-electron chi connectivity index (χ4n) is 3.09. The van der Waals surface area contributed by atoms with E-state index < -0.39 is 0 Å². The highest BCUT2D eigenvalue weighted by molar-refractivity contribution is 6.03. The fraction of sp³-hybridized carbons (Fsp3) is 0.409. The Labute approximate surface area is 155 Å². The van der Waals surface area contributed by atoms with E-state index >= 15 is 0 Å². The molecule has 0 bridgehead atoms. The number of hydrogen-bond donors (Lipinski definition) is 3. The molecule has 2 aromatic rings. The van der Waals surface area contributed by atoms with Crippen molar-refractivity contribution in [1.82, 2.24) is 0 Å². The number of aromatic hydroxyl groups is 2. The zero-order valence-electron chi connectivity index (χ0n) is 15.5. The molecule has 0 spiro atoms. The molecule has 0 unspecified atom stereocenters. The quantitative estimate of drug-likeness (QED) is 0.209. The number of phenols is 2. The van der Waals surface area contributed by atoms with Crippen LogP contribution in [-0.4, -0.2) is 21.1 Å². The summed E-state index contributed by atoms with van der Waals surface area (Å²) < 4.78 is 0. The van der Waals surface area contributed by atoms with Gasteiger partial charge < -0.3 is 15.4 Å². The Morgan fingerprint density at radius 1 is 0.808 bits per heavy atom. The van der Waals surface area contributed by atoms with Crippen LogP contribution < -0.4 is 0 Å². The molecular formula is C22H29NO3. The first-order valence-corrected chi connectivity index (χ1v) is 9.49. The molecule has 4 nitrogen and oxygen atoms in total. The first kappa shape index (κ1) is 19.8. The summed E-state index contributed by atoms with van der Waals surface area (Å²) in [5.74, 6) is 0.326. The summed E-state index contributed by atoms with van der Waals surface area (Å²) in [4.78, 5) is 0. The van der Waals surface area contributed by atoms with Crippen molar-refractivity contribution in [3.63, 3.8) is 0 Å². The first-order chi connectivity index (χ1) is 12.7. The number of rotatable bonds is 10. The van der Waals surface area contributed by atoms with Crippen LogP contribution in [0.15, 0.2) is 47.6 Å². The lowest BCUT2D eigenvalue weighted by Crippen LogP contribution is -2.02. The van der Waals surface area contributed by atoms with Crippen LogP contribution in [0.1, 0.15) is 63.9 Å². The Morgan fingerprint density at radius 3 is 2.08 bits per heavy atom. The molecule has 0 atom stereocenters. The molecule has 0 aliphatic heterocycles. The molecule has 0 saturated heterocycles. The van der Waals surface area contributed by atoms with Gasteiger partial charge in [0.2, 0.25) is 0 Å². The smallest absolute Gasteiger partial charge is 0.124 e. The first-order valence-electron chi connectivity index (χ1n) is 9.49. The molecule has 3 N–H and O–H groups in total. The number of benzene rings is 2. The van der Waals surface area contributed by atoms with Gasteiger partial charge in [-0.25, -0.2) is 0 Å². The summed E-state index contributed by atoms with van der Waals surface area (Å²) in [6.45, 7) is 2.21. The van der Waals surface area contributed by atoms with E-state index in [-0.39, 0.29) is 11.5 Å². The molecule has 0 saturated carbocycles. The van der Waals surface area contributed by atoms with Crippen LogP contribution in [-0.2, 0) is 0 Å². The van der Waals surface area contributed by atoms with E-state index in [1.54, 1.807) is 18.2 Å². The Hall–Kier alpha value is -2.49. The second kappa shape index (κ2) is 10.5. The normalized spacial score (nSPS) is 11.7. The molecule has 0 amide bonds. The van der Waals surface area contributed by atoms with Gasteiger partial charge in [-0.15, -0.1) is 0 Å². The number of phenolic OH excluding ortho intramolecular Hbond substituents is 2. The highest BCUT2D eigenvalue weighted by Gasteiger charge is 2.12. The maximum absolute atomic E-state index is 10.2. The summed E-state index contributed by atoms with van der Waals surface area (Å²) in [6.07, 6.45) is 8.94. The highest BCUT2D eigenvalue weighted by atomic mass is 16.4. The maximum Gasteiger partial charge on any atom is 0.124 e. The van der Waals surface area contributed by atoms with Crippen LogP contribution in [0, 0.1) is 0 Å². The summed E-state index contributed by atoms with van der Waals surface area (Å²) in [6, 6.07) is 12.2. The second-order valence-electron chi connectivity index (χ2n) is 6.70. The van der Waals surface area contributed by atoms with Gasteiger partial charge in [-0.3, -0.25) is 0 Å². The zero-order valence-corrected chi connectivity index (χ0v) is 15.5. The molecule has 140 valence electrons. The van der Waals surface area contributed by atoms with Crippen molar-refractivity contribution in [3.05, 3.63) is 48.0 Å². The monoisotopic (exact) mass is 355 g/mol. The lowest BCUT2D eigenvalue weighted by Gasteiger charge is -2.10. The summed E-state index contributed by atoms with van der Waals surface area (Å²) in [5.41, 5.74) is 2.90. The van der Waals surface area contributed by atoms with Crippen molar-refractivity contribution in [2.24, 2.45) is 5.16 Å². The van der Waals surface area contributed by atoms with Gasteiger partial charge in [0.15, 0.2) is 0 Å². The molecule has 26 heavy (non-hydrogen) atoms.